The molecule has 0 radical (unpaired) electrons. The molecule has 3 rings (SSSR count). The van der Waals surface area contributed by atoms with Crippen LogP contribution in [0.25, 0.3) is 0 Å². The molecule has 0 aliphatic carbocycles. The molecule has 2 N–H and O–H groups in total. The largest absolute Gasteiger partial charge is 0.371 e. The molecule has 3 unspecified atom stereocenters. The average Bonchev–Trinajstić information content (AvgIpc) is 2.47. The lowest BCUT2D eigenvalue weighted by Crippen LogP contribution is -2.52. The zero-order valence-electron chi connectivity index (χ0n) is 13.5. The molecule has 0 aromatic heterocycles. The standard InChI is InChI=1S/C18H26N2O2/c1-12-5-7-14(8-6-12)17-16(4-3-9-22-17)20-18(21)13(2)15-10-19-11-15/h5-8,13,15-17,19H,3-4,9-11H2,1-2H3,(H,20,21). The number of nitrogens with one attached hydrogen (secondary N) is 2. The Labute approximate surface area is 132 Å². The van der Waals surface area contributed by atoms with Crippen molar-refractivity contribution in [3.63, 3.8) is 0 Å². The predicted octanol–water partition coefficient (Wildman–Crippen LogP) is 2.19. The molecule has 2 saturated heterocycles. The minimum absolute atomic E-state index is 0.0231. The molecule has 2 aliphatic rings. The summed E-state index contributed by atoms with van der Waals surface area (Å²) in [5.74, 6) is 0.711. The van der Waals surface area contributed by atoms with Crippen molar-refractivity contribution in [2.24, 2.45) is 11.8 Å². The number of rotatable bonds is 4. The van der Waals surface area contributed by atoms with Crippen molar-refractivity contribution in [2.75, 3.05) is 19.7 Å². The monoisotopic (exact) mass is 302 g/mol. The van der Waals surface area contributed by atoms with Crippen molar-refractivity contribution in [2.45, 2.75) is 38.8 Å². The van der Waals surface area contributed by atoms with Crippen molar-refractivity contribution in [1.29, 1.82) is 0 Å². The Morgan fingerprint density at radius 2 is 2.05 bits per heavy atom. The lowest BCUT2D eigenvalue weighted by atomic mass is 9.87. The average molecular weight is 302 g/mol. The number of hydrogen-bond donors (Lipinski definition) is 2. The number of hydrogen-bond acceptors (Lipinski definition) is 3. The van der Waals surface area contributed by atoms with Crippen molar-refractivity contribution >= 4 is 5.91 Å². The smallest absolute Gasteiger partial charge is 0.223 e. The van der Waals surface area contributed by atoms with Gasteiger partial charge in [-0.2, -0.15) is 0 Å². The number of ether oxygens (including phenoxy) is 1. The number of aryl methyl sites for hydroxylation is 1. The number of benzene rings is 1. The van der Waals surface area contributed by atoms with E-state index >= 15 is 0 Å². The van der Waals surface area contributed by atoms with Crippen LogP contribution in [0, 0.1) is 18.8 Å². The van der Waals surface area contributed by atoms with Gasteiger partial charge in [0.2, 0.25) is 5.91 Å². The number of amides is 1. The molecular weight excluding hydrogens is 276 g/mol. The van der Waals surface area contributed by atoms with E-state index in [1.807, 2.05) is 6.92 Å². The summed E-state index contributed by atoms with van der Waals surface area (Å²) in [5.41, 5.74) is 2.40. The Balaban J connectivity index is 1.66. The van der Waals surface area contributed by atoms with E-state index in [1.165, 1.54) is 5.56 Å². The summed E-state index contributed by atoms with van der Waals surface area (Å²) in [5, 5.41) is 6.48. The SMILES string of the molecule is Cc1ccc(C2OCCCC2NC(=O)C(C)C2CNC2)cc1. The summed E-state index contributed by atoms with van der Waals surface area (Å²) in [4.78, 5) is 12.5. The van der Waals surface area contributed by atoms with Gasteiger partial charge in [0.25, 0.3) is 0 Å². The van der Waals surface area contributed by atoms with E-state index < -0.39 is 0 Å². The van der Waals surface area contributed by atoms with Crippen LogP contribution in [0.2, 0.25) is 0 Å². The molecular formula is C18H26N2O2. The lowest BCUT2D eigenvalue weighted by molar-refractivity contribution is -0.129. The van der Waals surface area contributed by atoms with Gasteiger partial charge in [0.15, 0.2) is 0 Å². The Bertz CT molecular complexity index is 510. The summed E-state index contributed by atoms with van der Waals surface area (Å²) in [6.45, 7) is 6.80. The fourth-order valence-electron chi connectivity index (χ4n) is 3.21. The topological polar surface area (TPSA) is 50.4 Å². The van der Waals surface area contributed by atoms with Gasteiger partial charge >= 0.3 is 0 Å². The zero-order chi connectivity index (χ0) is 15.5. The number of carbonyl (C=O) groups is 1. The normalized spacial score (nSPS) is 27.0. The maximum atomic E-state index is 12.5. The second-order valence-corrected chi connectivity index (χ2v) is 6.67. The Morgan fingerprint density at radius 1 is 1.32 bits per heavy atom. The minimum Gasteiger partial charge on any atom is -0.371 e. The fraction of sp³-hybridized carbons (Fsp3) is 0.611. The molecule has 120 valence electrons. The molecule has 2 aliphatic heterocycles. The van der Waals surface area contributed by atoms with Gasteiger partial charge in [-0.05, 0) is 44.3 Å². The second kappa shape index (κ2) is 6.80. The molecule has 3 atom stereocenters. The maximum Gasteiger partial charge on any atom is 0.223 e. The van der Waals surface area contributed by atoms with Crippen LogP contribution in [-0.4, -0.2) is 31.6 Å². The van der Waals surface area contributed by atoms with Gasteiger partial charge in [0.05, 0.1) is 6.04 Å². The van der Waals surface area contributed by atoms with E-state index in [2.05, 4.69) is 41.8 Å². The van der Waals surface area contributed by atoms with Crippen LogP contribution >= 0.6 is 0 Å². The Kier molecular flexibility index (Phi) is 4.79. The van der Waals surface area contributed by atoms with E-state index in [9.17, 15) is 4.79 Å². The first-order valence-electron chi connectivity index (χ1n) is 8.34. The highest BCUT2D eigenvalue weighted by atomic mass is 16.5. The van der Waals surface area contributed by atoms with Gasteiger partial charge in [-0.3, -0.25) is 4.79 Å². The van der Waals surface area contributed by atoms with Gasteiger partial charge < -0.3 is 15.4 Å². The summed E-state index contributed by atoms with van der Waals surface area (Å²) in [7, 11) is 0. The third kappa shape index (κ3) is 3.33. The van der Waals surface area contributed by atoms with E-state index in [0.717, 1.165) is 38.1 Å². The molecule has 2 heterocycles. The van der Waals surface area contributed by atoms with Crippen molar-refractivity contribution in [1.82, 2.24) is 10.6 Å². The fourth-order valence-corrected chi connectivity index (χ4v) is 3.21. The Morgan fingerprint density at radius 3 is 2.68 bits per heavy atom. The van der Waals surface area contributed by atoms with Crippen LogP contribution in [0.15, 0.2) is 24.3 Å². The summed E-state index contributed by atoms with van der Waals surface area (Å²) >= 11 is 0. The van der Waals surface area contributed by atoms with Crippen LogP contribution in [-0.2, 0) is 9.53 Å². The lowest BCUT2D eigenvalue weighted by Gasteiger charge is -2.36. The molecule has 0 spiro atoms. The number of carbonyl (C=O) groups excluding carboxylic acids is 1. The molecule has 4 nitrogen and oxygen atoms in total. The van der Waals surface area contributed by atoms with E-state index in [-0.39, 0.29) is 24.0 Å². The van der Waals surface area contributed by atoms with Gasteiger partial charge in [-0.1, -0.05) is 36.8 Å². The molecule has 2 fully saturated rings. The third-order valence-electron chi connectivity index (χ3n) is 4.99. The molecule has 22 heavy (non-hydrogen) atoms. The first-order chi connectivity index (χ1) is 10.6. The van der Waals surface area contributed by atoms with Gasteiger partial charge in [-0.25, -0.2) is 0 Å². The van der Waals surface area contributed by atoms with E-state index in [4.69, 9.17) is 4.74 Å². The summed E-state index contributed by atoms with van der Waals surface area (Å²) < 4.78 is 5.97. The maximum absolute atomic E-state index is 12.5. The Hall–Kier alpha value is -1.39. The molecule has 1 aromatic rings. The molecule has 1 aromatic carbocycles. The van der Waals surface area contributed by atoms with Crippen molar-refractivity contribution in [3.05, 3.63) is 35.4 Å². The van der Waals surface area contributed by atoms with Crippen LogP contribution in [0.4, 0.5) is 0 Å². The highest BCUT2D eigenvalue weighted by Crippen LogP contribution is 2.29. The molecule has 4 heteroatoms. The first-order valence-corrected chi connectivity index (χ1v) is 8.34. The molecule has 1 amide bonds. The van der Waals surface area contributed by atoms with E-state index in [0.29, 0.717) is 5.92 Å². The zero-order valence-corrected chi connectivity index (χ0v) is 13.5. The van der Waals surface area contributed by atoms with Crippen LogP contribution in [0.1, 0.15) is 37.0 Å². The highest BCUT2D eigenvalue weighted by molar-refractivity contribution is 5.79. The van der Waals surface area contributed by atoms with Crippen molar-refractivity contribution in [3.8, 4) is 0 Å². The van der Waals surface area contributed by atoms with Crippen LogP contribution in [0.3, 0.4) is 0 Å². The van der Waals surface area contributed by atoms with Crippen LogP contribution < -0.4 is 10.6 Å². The minimum atomic E-state index is -0.0231. The molecule has 0 bridgehead atoms. The third-order valence-corrected chi connectivity index (χ3v) is 4.99. The quantitative estimate of drug-likeness (QED) is 0.896. The highest BCUT2D eigenvalue weighted by Gasteiger charge is 2.33. The first kappa shape index (κ1) is 15.5. The summed E-state index contributed by atoms with van der Waals surface area (Å²) in [6.07, 6.45) is 1.97. The summed E-state index contributed by atoms with van der Waals surface area (Å²) in [6, 6.07) is 8.52. The second-order valence-electron chi connectivity index (χ2n) is 6.67. The van der Waals surface area contributed by atoms with Gasteiger partial charge in [0, 0.05) is 12.5 Å². The van der Waals surface area contributed by atoms with Gasteiger partial charge in [-0.15, -0.1) is 0 Å². The van der Waals surface area contributed by atoms with E-state index in [1.54, 1.807) is 0 Å². The predicted molar refractivity (Wildman–Crippen MR) is 86.6 cm³/mol. The van der Waals surface area contributed by atoms with Gasteiger partial charge in [0.1, 0.15) is 6.10 Å². The van der Waals surface area contributed by atoms with Crippen LogP contribution in [0.5, 0.6) is 0 Å². The molecule has 0 saturated carbocycles. The van der Waals surface area contributed by atoms with Crippen molar-refractivity contribution < 1.29 is 9.53 Å².